The highest BCUT2D eigenvalue weighted by Gasteiger charge is 2.08. The molecule has 0 bridgehead atoms. The third-order valence-electron chi connectivity index (χ3n) is 2.15. The highest BCUT2D eigenvalue weighted by atomic mass is 79.9. The maximum absolute atomic E-state index is 11.8. The molecule has 17 heavy (non-hydrogen) atoms. The molecule has 3 amide bonds. The molecule has 0 radical (unpaired) electrons. The fourth-order valence-corrected chi connectivity index (χ4v) is 1.66. The number of nitrogens with one attached hydrogen (secondary N) is 2. The van der Waals surface area contributed by atoms with Crippen molar-refractivity contribution in [2.24, 2.45) is 5.73 Å². The molecule has 0 aliphatic carbocycles. The van der Waals surface area contributed by atoms with E-state index in [1.165, 1.54) is 0 Å². The lowest BCUT2D eigenvalue weighted by Gasteiger charge is -2.08. The van der Waals surface area contributed by atoms with E-state index in [0.29, 0.717) is 18.7 Å². The predicted octanol–water partition coefficient (Wildman–Crippen LogP) is 1.16. The van der Waals surface area contributed by atoms with E-state index >= 15 is 0 Å². The first-order valence-corrected chi connectivity index (χ1v) is 5.87. The van der Waals surface area contributed by atoms with Gasteiger partial charge in [0.15, 0.2) is 0 Å². The molecular formula is C11H14BrN3O2. The average molecular weight is 300 g/mol. The molecule has 0 saturated heterocycles. The summed E-state index contributed by atoms with van der Waals surface area (Å²) in [7, 11) is 0. The van der Waals surface area contributed by atoms with Crippen LogP contribution in [0.2, 0.25) is 0 Å². The van der Waals surface area contributed by atoms with Crippen LogP contribution in [0.4, 0.5) is 4.79 Å². The molecule has 0 aromatic heterocycles. The molecule has 0 spiro atoms. The second-order valence-electron chi connectivity index (χ2n) is 3.51. The Balaban J connectivity index is 2.52. The van der Waals surface area contributed by atoms with Gasteiger partial charge in [0.2, 0.25) is 0 Å². The van der Waals surface area contributed by atoms with Crippen LogP contribution in [0.25, 0.3) is 0 Å². The van der Waals surface area contributed by atoms with Crippen LogP contribution >= 0.6 is 15.9 Å². The van der Waals surface area contributed by atoms with Crippen molar-refractivity contribution >= 4 is 27.9 Å². The minimum absolute atomic E-state index is 0.171. The van der Waals surface area contributed by atoms with E-state index < -0.39 is 6.03 Å². The van der Waals surface area contributed by atoms with E-state index in [-0.39, 0.29) is 5.91 Å². The standard InChI is InChI=1S/C11H14BrN3O2/c1-7-2-3-8(12)6-9(7)10(16)14-4-5-15-11(13)17/h2-3,6H,4-5H2,1H3,(H,14,16)(H3,13,15,17). The van der Waals surface area contributed by atoms with Crippen LogP contribution in [-0.4, -0.2) is 25.0 Å². The molecule has 0 unspecified atom stereocenters. The van der Waals surface area contributed by atoms with Crippen LogP contribution in [0.3, 0.4) is 0 Å². The van der Waals surface area contributed by atoms with Gasteiger partial charge in [0.05, 0.1) is 0 Å². The van der Waals surface area contributed by atoms with Crippen molar-refractivity contribution in [2.45, 2.75) is 6.92 Å². The summed E-state index contributed by atoms with van der Waals surface area (Å²) in [5.74, 6) is -0.171. The zero-order chi connectivity index (χ0) is 12.8. The van der Waals surface area contributed by atoms with Gasteiger partial charge >= 0.3 is 6.03 Å². The van der Waals surface area contributed by atoms with E-state index in [1.54, 1.807) is 6.07 Å². The predicted molar refractivity (Wildman–Crippen MR) is 68.8 cm³/mol. The first kappa shape index (κ1) is 13.5. The van der Waals surface area contributed by atoms with E-state index in [1.807, 2.05) is 19.1 Å². The van der Waals surface area contributed by atoms with Gasteiger partial charge in [-0.1, -0.05) is 22.0 Å². The minimum atomic E-state index is -0.599. The lowest BCUT2D eigenvalue weighted by Crippen LogP contribution is -2.37. The number of carbonyl (C=O) groups is 2. The van der Waals surface area contributed by atoms with E-state index in [0.717, 1.165) is 10.0 Å². The lowest BCUT2D eigenvalue weighted by molar-refractivity contribution is 0.0953. The Morgan fingerprint density at radius 2 is 1.94 bits per heavy atom. The number of halogens is 1. The van der Waals surface area contributed by atoms with Gasteiger partial charge in [-0.05, 0) is 24.6 Å². The van der Waals surface area contributed by atoms with Gasteiger partial charge in [-0.25, -0.2) is 4.79 Å². The van der Waals surface area contributed by atoms with Crippen LogP contribution < -0.4 is 16.4 Å². The van der Waals surface area contributed by atoms with Crippen LogP contribution in [0, 0.1) is 6.92 Å². The molecule has 0 fully saturated rings. The first-order chi connectivity index (χ1) is 8.00. The average Bonchev–Trinajstić information content (AvgIpc) is 2.27. The number of aryl methyl sites for hydroxylation is 1. The van der Waals surface area contributed by atoms with Gasteiger partial charge < -0.3 is 16.4 Å². The van der Waals surface area contributed by atoms with Gasteiger partial charge in [0.1, 0.15) is 0 Å². The fourth-order valence-electron chi connectivity index (χ4n) is 1.30. The number of primary amides is 1. The van der Waals surface area contributed by atoms with Crippen molar-refractivity contribution in [3.63, 3.8) is 0 Å². The number of carbonyl (C=O) groups excluding carboxylic acids is 2. The van der Waals surface area contributed by atoms with Crippen LogP contribution in [0.15, 0.2) is 22.7 Å². The lowest BCUT2D eigenvalue weighted by atomic mass is 10.1. The molecule has 0 atom stereocenters. The maximum Gasteiger partial charge on any atom is 0.312 e. The van der Waals surface area contributed by atoms with Crippen LogP contribution in [0.1, 0.15) is 15.9 Å². The Labute approximate surface area is 108 Å². The fraction of sp³-hybridized carbons (Fsp3) is 0.273. The van der Waals surface area contributed by atoms with Crippen molar-refractivity contribution in [3.8, 4) is 0 Å². The minimum Gasteiger partial charge on any atom is -0.352 e. The molecule has 92 valence electrons. The monoisotopic (exact) mass is 299 g/mol. The maximum atomic E-state index is 11.8. The zero-order valence-electron chi connectivity index (χ0n) is 9.42. The normalized spacial score (nSPS) is 9.76. The quantitative estimate of drug-likeness (QED) is 0.729. The van der Waals surface area contributed by atoms with Crippen molar-refractivity contribution in [1.29, 1.82) is 0 Å². The first-order valence-electron chi connectivity index (χ1n) is 5.08. The number of hydrogen-bond donors (Lipinski definition) is 3. The van der Waals surface area contributed by atoms with Gasteiger partial charge in [0.25, 0.3) is 5.91 Å². The molecule has 1 aromatic carbocycles. The molecule has 6 heteroatoms. The molecule has 4 N–H and O–H groups in total. The molecule has 0 heterocycles. The summed E-state index contributed by atoms with van der Waals surface area (Å²) in [5.41, 5.74) is 6.40. The number of hydrogen-bond acceptors (Lipinski definition) is 2. The van der Waals surface area contributed by atoms with Crippen LogP contribution in [-0.2, 0) is 0 Å². The van der Waals surface area contributed by atoms with E-state index in [4.69, 9.17) is 5.73 Å². The summed E-state index contributed by atoms with van der Waals surface area (Å²) in [4.78, 5) is 22.2. The van der Waals surface area contributed by atoms with E-state index in [9.17, 15) is 9.59 Å². The number of urea groups is 1. The number of amides is 3. The van der Waals surface area contributed by atoms with Crippen molar-refractivity contribution < 1.29 is 9.59 Å². The Morgan fingerprint density at radius 1 is 1.29 bits per heavy atom. The third-order valence-corrected chi connectivity index (χ3v) is 2.65. The second-order valence-corrected chi connectivity index (χ2v) is 4.42. The third kappa shape index (κ3) is 4.44. The highest BCUT2D eigenvalue weighted by Crippen LogP contribution is 2.15. The van der Waals surface area contributed by atoms with Crippen molar-refractivity contribution in [1.82, 2.24) is 10.6 Å². The van der Waals surface area contributed by atoms with Gasteiger partial charge in [-0.15, -0.1) is 0 Å². The number of nitrogens with two attached hydrogens (primary N) is 1. The molecular weight excluding hydrogens is 286 g/mol. The Bertz CT molecular complexity index is 435. The zero-order valence-corrected chi connectivity index (χ0v) is 11.0. The van der Waals surface area contributed by atoms with Gasteiger partial charge in [0, 0.05) is 23.1 Å². The smallest absolute Gasteiger partial charge is 0.312 e. The molecule has 5 nitrogen and oxygen atoms in total. The topological polar surface area (TPSA) is 84.2 Å². The SMILES string of the molecule is Cc1ccc(Br)cc1C(=O)NCCNC(N)=O. The Morgan fingerprint density at radius 3 is 2.59 bits per heavy atom. The number of rotatable bonds is 4. The highest BCUT2D eigenvalue weighted by molar-refractivity contribution is 9.10. The summed E-state index contributed by atoms with van der Waals surface area (Å²) < 4.78 is 0.850. The molecule has 1 rings (SSSR count). The van der Waals surface area contributed by atoms with Crippen LogP contribution in [0.5, 0.6) is 0 Å². The molecule has 0 saturated carbocycles. The second kappa shape index (κ2) is 6.24. The molecule has 1 aromatic rings. The van der Waals surface area contributed by atoms with E-state index in [2.05, 4.69) is 26.6 Å². The molecule has 0 aliphatic rings. The molecule has 0 aliphatic heterocycles. The summed E-state index contributed by atoms with van der Waals surface area (Å²) in [6, 6.07) is 4.89. The van der Waals surface area contributed by atoms with Crippen molar-refractivity contribution in [3.05, 3.63) is 33.8 Å². The Hall–Kier alpha value is -1.56. The summed E-state index contributed by atoms with van der Waals surface area (Å²) in [5, 5.41) is 5.09. The largest absolute Gasteiger partial charge is 0.352 e. The summed E-state index contributed by atoms with van der Waals surface area (Å²) in [6.45, 7) is 2.52. The van der Waals surface area contributed by atoms with Gasteiger partial charge in [-0.2, -0.15) is 0 Å². The van der Waals surface area contributed by atoms with Crippen molar-refractivity contribution in [2.75, 3.05) is 13.1 Å². The summed E-state index contributed by atoms with van der Waals surface area (Å²) >= 11 is 3.31. The Kier molecular flexibility index (Phi) is 4.96. The number of benzene rings is 1. The van der Waals surface area contributed by atoms with Gasteiger partial charge in [-0.3, -0.25) is 4.79 Å². The summed E-state index contributed by atoms with van der Waals surface area (Å²) in [6.07, 6.45) is 0.